The monoisotopic (exact) mass is 1730 g/mol. The van der Waals surface area contributed by atoms with Crippen LogP contribution in [0.1, 0.15) is 0 Å². The first-order valence-corrected chi connectivity index (χ1v) is 3.67. The Kier molecular flexibility index (Phi) is 23800. The van der Waals surface area contributed by atoms with E-state index in [9.17, 15) is 0 Å². The van der Waals surface area contributed by atoms with Crippen LogP contribution in [0.5, 0.6) is 0 Å². The molecule has 1 heterocycles. The topological polar surface area (TPSA) is 27.7 Å². The second kappa shape index (κ2) is 403. The van der Waals surface area contributed by atoms with Gasteiger partial charge in [-0.1, -0.05) is 0 Å². The van der Waals surface area contributed by atoms with Crippen molar-refractivity contribution >= 4 is 30.0 Å². The molecule has 42 valence electrons. The third kappa shape index (κ3) is 201. The number of rotatable bonds is 0. The first-order chi connectivity index (χ1) is 3.00. The van der Waals surface area contributed by atoms with E-state index in [1.54, 1.807) is 0 Å². The Labute approximate surface area is 43.2 Å². The van der Waals surface area contributed by atoms with Crippen LogP contribution in [0.25, 0.3) is 0 Å². The molecule has 12 heavy (non-hydrogen) atoms. The van der Waals surface area contributed by atoms with Crippen LogP contribution in [0, 0.1) is 0 Å². The smallest absolute Gasteiger partial charge is 0.412 e. The van der Waals surface area contributed by atoms with Gasteiger partial charge in [0.2, 0.25) is 0 Å². The Bertz CT molecular complexity index is 33.5. The standard InChI is InChI=1S/O3Si3.6Rf/c1-4-2-6-3-5-1;;;;;;. The van der Waals surface area contributed by atoms with Crippen LogP contribution in [0.2, 0.25) is 0 Å². The van der Waals surface area contributed by atoms with E-state index in [0.717, 1.165) is 0 Å². The summed E-state index contributed by atoms with van der Waals surface area (Å²) in [5.74, 6) is 0. The van der Waals surface area contributed by atoms with Crippen molar-refractivity contribution in [2.75, 3.05) is 0 Å². The fourth-order valence-electron chi connectivity index (χ4n) is 0.114. The molecule has 3 nitrogen and oxygen atoms in total. The zero-order chi connectivity index (χ0) is 4.24. The molecule has 0 aliphatic carbocycles. The van der Waals surface area contributed by atoms with Crippen molar-refractivity contribution < 1.29 is 12.3 Å². The quantitative estimate of drug-likeness (QED) is 0.282. The fourth-order valence-corrected chi connectivity index (χ4v) is 2.15. The van der Waals surface area contributed by atoms with Crippen molar-refractivity contribution in [3.8, 4) is 0 Å². The van der Waals surface area contributed by atoms with Gasteiger partial charge in [-0.3, -0.25) is 0 Å². The van der Waals surface area contributed by atoms with Gasteiger partial charge in [-0.2, -0.15) is 0 Å². The van der Waals surface area contributed by atoms with Crippen molar-refractivity contribution in [3.63, 3.8) is 0 Å². The van der Waals surface area contributed by atoms with E-state index in [0.29, 0.717) is 0 Å². The zero-order valence-corrected chi connectivity index (χ0v) is 48.4. The van der Waals surface area contributed by atoms with Crippen LogP contribution in [0.15, 0.2) is 0 Å². The molecular formula is O3Rf6Si3. The minimum absolute atomic E-state index is 0. The first kappa shape index (κ1) is 709. The zero-order valence-electron chi connectivity index (χ0n) is 6.97. The van der Waals surface area contributed by atoms with E-state index in [-0.39, 0.29) is 30.0 Å². The summed E-state index contributed by atoms with van der Waals surface area (Å²) in [7, 11) is 0.604. The van der Waals surface area contributed by atoms with Gasteiger partial charge in [0.05, 0.1) is 0 Å². The summed E-state index contributed by atoms with van der Waals surface area (Å²) in [4.78, 5) is 0. The van der Waals surface area contributed by atoms with E-state index in [1.807, 2.05) is 0 Å². The molecule has 1 fully saturated rings. The van der Waals surface area contributed by atoms with Gasteiger partial charge in [0.15, 0.2) is 0 Å². The summed E-state index contributed by atoms with van der Waals surface area (Å²) in [5.41, 5.74) is 0. The van der Waals surface area contributed by atoms with Gasteiger partial charge in [0.25, 0.3) is 0 Å². The second-order valence-electron chi connectivity index (χ2n) is 0.556. The van der Waals surface area contributed by atoms with Gasteiger partial charge >= 0.3 is 30.0 Å². The van der Waals surface area contributed by atoms with Gasteiger partial charge in [-0.25, -0.2) is 0 Å². The van der Waals surface area contributed by atoms with Crippen LogP contribution in [0.4, 0.5) is 0 Å². The van der Waals surface area contributed by atoms with Gasteiger partial charge in [0, 0.05) is 0 Å². The Morgan fingerprint density at radius 3 is 0.667 bits per heavy atom. The molecule has 6 radical (unpaired) electrons. The summed E-state index contributed by atoms with van der Waals surface area (Å²) in [5, 5.41) is 0. The van der Waals surface area contributed by atoms with Gasteiger partial charge < -0.3 is 12.3 Å². The molecule has 0 aromatic heterocycles. The maximum Gasteiger partial charge on any atom is 0.412 e. The number of hydrogen-bond acceptors (Lipinski definition) is 3. The largest absolute Gasteiger partial charge is 0.412 e. The number of hydrogen-bond donors (Lipinski definition) is 0. The van der Waals surface area contributed by atoms with Gasteiger partial charge in [0.1, 0.15) is 0 Å². The average molecular weight is 1730 g/mol. The predicted octanol–water partition coefficient (Wildman–Crippen LogP) is -1.35. The van der Waals surface area contributed by atoms with Gasteiger partial charge in [-0.15, -0.1) is 0 Å². The van der Waals surface area contributed by atoms with E-state index < -0.39 is 0 Å². The molecule has 0 unspecified atom stereocenters. The summed E-state index contributed by atoms with van der Waals surface area (Å²) >= 11 is 0. The van der Waals surface area contributed by atoms with E-state index >= 15 is 0 Å². The summed E-state index contributed by atoms with van der Waals surface area (Å²) < 4.78 is 14.1. The van der Waals surface area contributed by atoms with Crippen LogP contribution >= 0.6 is 0 Å². The Morgan fingerprint density at radius 1 is 0.417 bits per heavy atom. The molecule has 12 heteroatoms. The molecule has 1 saturated heterocycles. The van der Waals surface area contributed by atoms with Crippen molar-refractivity contribution in [1.82, 2.24) is 0 Å². The molecule has 1 aliphatic rings. The minimum atomic E-state index is 0. The maximum atomic E-state index is 4.69. The molecule has 0 aromatic carbocycles. The van der Waals surface area contributed by atoms with Crippen molar-refractivity contribution in [2.45, 2.75) is 0 Å². The normalized spacial score (nSPS) is 12.0. The Hall–Kier alpha value is -5.47. The molecule has 0 spiro atoms. The maximum absolute atomic E-state index is 4.69. The summed E-state index contributed by atoms with van der Waals surface area (Å²) in [6.07, 6.45) is 0. The molecule has 0 N–H and O–H groups in total. The third-order valence-corrected chi connectivity index (χ3v) is 2.25. The fraction of sp³-hybridized carbons (Fsp3) is 0. The van der Waals surface area contributed by atoms with E-state index in [4.69, 9.17) is 0 Å². The molecule has 1 rings (SSSR count). The van der Waals surface area contributed by atoms with Crippen LogP contribution in [-0.4, -0.2) is 30.0 Å². The Balaban J connectivity index is -0.0000000150. The van der Waals surface area contributed by atoms with E-state index in [2.05, 4.69) is 12.3 Å². The van der Waals surface area contributed by atoms with Crippen molar-refractivity contribution in [2.24, 2.45) is 0 Å². The first-order valence-electron chi connectivity index (χ1n) is 1.22. The van der Waals surface area contributed by atoms with Crippen LogP contribution in [-0.2, 0) is 12.3 Å². The molecule has 0 saturated carbocycles. The molecule has 0 bridgehead atoms. The molecular weight excluding hydrogens is 1730 g/mol. The predicted molar refractivity (Wildman–Crippen MR) is 20.5 cm³/mol. The molecule has 0 amide bonds. The Morgan fingerprint density at radius 2 is 0.583 bits per heavy atom. The second-order valence-corrected chi connectivity index (χ2v) is 3.51. The molecule has 0 aromatic rings. The van der Waals surface area contributed by atoms with Crippen molar-refractivity contribution in [1.29, 1.82) is 0 Å². The summed E-state index contributed by atoms with van der Waals surface area (Å²) in [6.45, 7) is 0. The van der Waals surface area contributed by atoms with Crippen LogP contribution < -0.4 is 0 Å². The van der Waals surface area contributed by atoms with Crippen LogP contribution in [0.3, 0.4) is 0 Å². The SMILES string of the molecule is O1[Si]O[Si]O[Si]1.[Rf].[Rf].[Rf].[Rf].[Rf].[Rf]. The van der Waals surface area contributed by atoms with Crippen molar-refractivity contribution in [3.05, 3.63) is 0 Å². The van der Waals surface area contributed by atoms with E-state index in [1.165, 1.54) is 0 Å². The average Bonchev–Trinajstić information content (AvgIpc) is 1.72. The summed E-state index contributed by atoms with van der Waals surface area (Å²) in [6, 6.07) is 0. The molecule has 1 aliphatic heterocycles. The molecule has 0 atom stereocenters. The minimum Gasteiger partial charge on any atom is -0.412 e. The van der Waals surface area contributed by atoms with Gasteiger partial charge in [-0.05, 0) is 0 Å². The third-order valence-electron chi connectivity index (χ3n) is 0.250.